The van der Waals surface area contributed by atoms with Crippen LogP contribution in [-0.4, -0.2) is 44.7 Å². The number of carbonyl (C=O) groups excluding carboxylic acids is 1. The number of amides is 1. The quantitative estimate of drug-likeness (QED) is 0.590. The molecule has 0 aliphatic heterocycles. The summed E-state index contributed by atoms with van der Waals surface area (Å²) in [7, 11) is 0. The number of aryl methyl sites for hydroxylation is 1. The first-order valence-electron chi connectivity index (χ1n) is 9.31. The minimum absolute atomic E-state index is 0.181. The number of hydrogen-bond acceptors (Lipinski definition) is 5. The van der Waals surface area contributed by atoms with Crippen LogP contribution in [0.5, 0.6) is 0 Å². The molecule has 0 fully saturated rings. The van der Waals surface area contributed by atoms with Gasteiger partial charge in [-0.25, -0.2) is 0 Å². The van der Waals surface area contributed by atoms with Crippen LogP contribution >= 0.6 is 0 Å². The smallest absolute Gasteiger partial charge is 0.294 e. The van der Waals surface area contributed by atoms with E-state index in [4.69, 9.17) is 4.74 Å². The predicted molar refractivity (Wildman–Crippen MR) is 103 cm³/mol. The molecule has 0 bridgehead atoms. The predicted octanol–water partition coefficient (Wildman–Crippen LogP) is 2.07. The Bertz CT molecular complexity index is 1010. The monoisotopic (exact) mass is 371 g/mol. The fourth-order valence-electron chi connectivity index (χ4n) is 2.95. The number of benzene rings is 1. The highest BCUT2D eigenvalue weighted by Gasteiger charge is 2.14. The van der Waals surface area contributed by atoms with Gasteiger partial charge in [0, 0.05) is 25.1 Å². The molecule has 0 atom stereocenters. The fraction of sp³-hybridized carbons (Fsp3) is 0.474. The highest BCUT2D eigenvalue weighted by molar-refractivity contribution is 5.97. The van der Waals surface area contributed by atoms with Crippen molar-refractivity contribution in [3.05, 3.63) is 39.9 Å². The normalized spacial score (nSPS) is 11.6. The number of nitrogens with one attached hydrogen (secondary N) is 2. The third-order valence-electron chi connectivity index (χ3n) is 4.21. The summed E-state index contributed by atoms with van der Waals surface area (Å²) < 4.78 is 7.23. The van der Waals surface area contributed by atoms with E-state index in [1.165, 1.54) is 0 Å². The number of nitrogens with zero attached hydrogens (tertiary/aromatic N) is 3. The van der Waals surface area contributed by atoms with Crippen LogP contribution in [0.2, 0.25) is 0 Å². The third kappa shape index (κ3) is 4.16. The molecule has 3 rings (SSSR count). The Morgan fingerprint density at radius 3 is 2.89 bits per heavy atom. The van der Waals surface area contributed by atoms with Gasteiger partial charge in [0.15, 0.2) is 0 Å². The van der Waals surface area contributed by atoms with E-state index in [0.29, 0.717) is 24.2 Å². The van der Waals surface area contributed by atoms with Crippen LogP contribution in [0.4, 0.5) is 0 Å². The van der Waals surface area contributed by atoms with Crippen molar-refractivity contribution in [2.75, 3.05) is 13.2 Å². The average Bonchev–Trinajstić information content (AvgIpc) is 3.06. The molecular weight excluding hydrogens is 346 g/mol. The number of aromatic amines is 1. The van der Waals surface area contributed by atoms with Crippen molar-refractivity contribution in [3.63, 3.8) is 0 Å². The molecule has 2 heterocycles. The number of ether oxygens (including phenoxy) is 1. The first-order valence-corrected chi connectivity index (χ1v) is 9.31. The Labute approximate surface area is 156 Å². The summed E-state index contributed by atoms with van der Waals surface area (Å²) in [6, 6.07) is 5.25. The molecule has 0 unspecified atom stereocenters. The van der Waals surface area contributed by atoms with Gasteiger partial charge >= 0.3 is 0 Å². The van der Waals surface area contributed by atoms with Crippen LogP contribution in [0.1, 0.15) is 49.8 Å². The minimum atomic E-state index is -0.319. The lowest BCUT2D eigenvalue weighted by atomic mass is 10.1. The zero-order valence-corrected chi connectivity index (χ0v) is 15.9. The van der Waals surface area contributed by atoms with Gasteiger partial charge < -0.3 is 15.0 Å². The Morgan fingerprint density at radius 1 is 1.33 bits per heavy atom. The van der Waals surface area contributed by atoms with Crippen molar-refractivity contribution in [3.8, 4) is 0 Å². The molecule has 144 valence electrons. The second kappa shape index (κ2) is 8.30. The largest absolute Gasteiger partial charge is 0.379 e. The van der Waals surface area contributed by atoms with Crippen molar-refractivity contribution >= 4 is 22.6 Å². The maximum absolute atomic E-state index is 12.4. The molecule has 0 spiro atoms. The second-order valence-electron chi connectivity index (χ2n) is 6.74. The van der Waals surface area contributed by atoms with Crippen LogP contribution in [0.3, 0.4) is 0 Å². The molecule has 1 aromatic carbocycles. The van der Waals surface area contributed by atoms with Crippen LogP contribution in [0.15, 0.2) is 23.0 Å². The zero-order chi connectivity index (χ0) is 19.4. The van der Waals surface area contributed by atoms with Crippen molar-refractivity contribution in [2.24, 2.45) is 0 Å². The van der Waals surface area contributed by atoms with Gasteiger partial charge in [-0.3, -0.25) is 14.0 Å². The number of hydrogen-bond donors (Lipinski definition) is 2. The SMILES string of the molecule is CCCc1nnc2c(=O)[nH]c3cc(C(=O)NCCCOC(C)C)ccc3n12. The van der Waals surface area contributed by atoms with Gasteiger partial charge in [-0.1, -0.05) is 6.92 Å². The Kier molecular flexibility index (Phi) is 5.85. The van der Waals surface area contributed by atoms with Crippen LogP contribution < -0.4 is 10.9 Å². The van der Waals surface area contributed by atoms with Gasteiger partial charge in [-0.15, -0.1) is 10.2 Å². The van der Waals surface area contributed by atoms with E-state index < -0.39 is 0 Å². The third-order valence-corrected chi connectivity index (χ3v) is 4.21. The van der Waals surface area contributed by atoms with Crippen LogP contribution in [0.25, 0.3) is 16.7 Å². The van der Waals surface area contributed by atoms with E-state index in [-0.39, 0.29) is 23.2 Å². The summed E-state index contributed by atoms with van der Waals surface area (Å²) >= 11 is 0. The van der Waals surface area contributed by atoms with Crippen molar-refractivity contribution < 1.29 is 9.53 Å². The van der Waals surface area contributed by atoms with E-state index in [0.717, 1.165) is 30.6 Å². The van der Waals surface area contributed by atoms with Crippen molar-refractivity contribution in [1.29, 1.82) is 0 Å². The highest BCUT2D eigenvalue weighted by atomic mass is 16.5. The maximum atomic E-state index is 12.4. The minimum Gasteiger partial charge on any atom is -0.379 e. The standard InChI is InChI=1S/C19H25N5O3/c1-4-6-16-22-23-17-19(26)21-14-11-13(7-8-15(14)24(16)17)18(25)20-9-5-10-27-12(2)3/h7-8,11-12H,4-6,9-10H2,1-3H3,(H,20,25)(H,21,26). The molecule has 27 heavy (non-hydrogen) atoms. The molecule has 1 amide bonds. The van der Waals surface area contributed by atoms with Gasteiger partial charge in [0.1, 0.15) is 5.82 Å². The van der Waals surface area contributed by atoms with Crippen LogP contribution in [-0.2, 0) is 11.2 Å². The van der Waals surface area contributed by atoms with E-state index >= 15 is 0 Å². The Balaban J connectivity index is 1.83. The average molecular weight is 371 g/mol. The summed E-state index contributed by atoms with van der Waals surface area (Å²) in [4.78, 5) is 27.5. The van der Waals surface area contributed by atoms with E-state index in [1.54, 1.807) is 16.5 Å². The molecule has 0 saturated heterocycles. The molecule has 3 aromatic rings. The summed E-state index contributed by atoms with van der Waals surface area (Å²) in [6.07, 6.45) is 2.55. The van der Waals surface area contributed by atoms with Crippen molar-refractivity contribution in [2.45, 2.75) is 46.1 Å². The molecule has 2 N–H and O–H groups in total. The molecule has 0 aliphatic rings. The summed E-state index contributed by atoms with van der Waals surface area (Å²) in [5.74, 6) is 0.561. The number of H-pyrrole nitrogens is 1. The Morgan fingerprint density at radius 2 is 2.15 bits per heavy atom. The first kappa shape index (κ1) is 19.0. The lowest BCUT2D eigenvalue weighted by Gasteiger charge is -2.09. The van der Waals surface area contributed by atoms with Gasteiger partial charge in [-0.2, -0.15) is 0 Å². The molecule has 8 nitrogen and oxygen atoms in total. The van der Waals surface area contributed by atoms with E-state index in [2.05, 4.69) is 20.5 Å². The second-order valence-corrected chi connectivity index (χ2v) is 6.74. The summed E-state index contributed by atoms with van der Waals surface area (Å²) in [5.41, 5.74) is 1.81. The van der Waals surface area contributed by atoms with Crippen molar-refractivity contribution in [1.82, 2.24) is 24.9 Å². The highest BCUT2D eigenvalue weighted by Crippen LogP contribution is 2.16. The van der Waals surface area contributed by atoms with Gasteiger partial charge in [-0.05, 0) is 44.9 Å². The van der Waals surface area contributed by atoms with Gasteiger partial charge in [0.25, 0.3) is 11.5 Å². The summed E-state index contributed by atoms with van der Waals surface area (Å²) in [5, 5.41) is 11.0. The Hall–Kier alpha value is -2.74. The van der Waals surface area contributed by atoms with Gasteiger partial charge in [0.05, 0.1) is 17.1 Å². The number of carbonyl (C=O) groups is 1. The van der Waals surface area contributed by atoms with E-state index in [9.17, 15) is 9.59 Å². The van der Waals surface area contributed by atoms with Crippen LogP contribution in [0, 0.1) is 0 Å². The molecule has 0 saturated carbocycles. The van der Waals surface area contributed by atoms with Gasteiger partial charge in [0.2, 0.25) is 5.65 Å². The number of aromatic nitrogens is 4. The fourth-order valence-corrected chi connectivity index (χ4v) is 2.95. The molecule has 8 heteroatoms. The molecule has 0 radical (unpaired) electrons. The topological polar surface area (TPSA) is 101 Å². The maximum Gasteiger partial charge on any atom is 0.294 e. The lowest BCUT2D eigenvalue weighted by Crippen LogP contribution is -2.25. The molecule has 2 aromatic heterocycles. The zero-order valence-electron chi connectivity index (χ0n) is 15.9. The summed E-state index contributed by atoms with van der Waals surface area (Å²) in [6.45, 7) is 7.14. The number of fused-ring (bicyclic) bond motifs is 3. The van der Waals surface area contributed by atoms with E-state index in [1.807, 2.05) is 26.8 Å². The first-order chi connectivity index (χ1) is 13.0. The number of rotatable bonds is 8. The molecule has 0 aliphatic carbocycles. The lowest BCUT2D eigenvalue weighted by molar-refractivity contribution is 0.0757. The molecular formula is C19H25N5O3.